The van der Waals surface area contributed by atoms with Crippen LogP contribution in [-0.4, -0.2) is 70.0 Å². The fourth-order valence-electron chi connectivity index (χ4n) is 4.55. The van der Waals surface area contributed by atoms with Crippen molar-refractivity contribution in [2.45, 2.75) is 49.5 Å². The fraction of sp³-hybridized carbons (Fsp3) is 0.500. The van der Waals surface area contributed by atoms with Crippen molar-refractivity contribution in [1.29, 1.82) is 0 Å². The summed E-state index contributed by atoms with van der Waals surface area (Å²) in [6.45, 7) is 7.07. The van der Waals surface area contributed by atoms with Crippen LogP contribution in [0.5, 0.6) is 0 Å². The number of alkyl halides is 1. The predicted octanol–water partition coefficient (Wildman–Crippen LogP) is 3.29. The summed E-state index contributed by atoms with van der Waals surface area (Å²) in [6, 6.07) is 4.45. The monoisotopic (exact) mass is 493 g/mol. The molecule has 0 bridgehead atoms. The number of hydrogen-bond acceptors (Lipinski definition) is 7. The van der Waals surface area contributed by atoms with E-state index in [0.29, 0.717) is 12.4 Å². The molecule has 0 radical (unpaired) electrons. The number of aliphatic hydroxyl groups is 1. The first kappa shape index (κ1) is 24.9. The van der Waals surface area contributed by atoms with Gasteiger partial charge in [0.05, 0.1) is 26.0 Å². The highest BCUT2D eigenvalue weighted by atomic mass is 35.5. The number of benzene rings is 1. The Bertz CT molecular complexity index is 992. The summed E-state index contributed by atoms with van der Waals surface area (Å²) >= 11 is 6.64. The van der Waals surface area contributed by atoms with Crippen LogP contribution in [0.15, 0.2) is 37.1 Å². The zero-order chi connectivity index (χ0) is 24.1. The third-order valence-electron chi connectivity index (χ3n) is 6.30. The normalized spacial score (nSPS) is 24.5. The van der Waals surface area contributed by atoms with E-state index in [1.807, 2.05) is 0 Å². The van der Waals surface area contributed by atoms with Gasteiger partial charge in [-0.1, -0.05) is 6.58 Å². The molecule has 2 fully saturated rings. The summed E-state index contributed by atoms with van der Waals surface area (Å²) in [7, 11) is 0. The summed E-state index contributed by atoms with van der Waals surface area (Å²) in [4.78, 5) is 10.9. The average molecular weight is 494 g/mol. The molecule has 0 amide bonds. The van der Waals surface area contributed by atoms with Crippen LogP contribution in [0.25, 0.3) is 11.3 Å². The van der Waals surface area contributed by atoms with Gasteiger partial charge in [-0.3, -0.25) is 4.90 Å². The second-order valence-electron chi connectivity index (χ2n) is 8.66. The number of nitrogens with one attached hydrogen (secondary N) is 2. The van der Waals surface area contributed by atoms with Crippen LogP contribution in [0.1, 0.15) is 25.1 Å². The second kappa shape index (κ2) is 11.5. The number of anilines is 1. The van der Waals surface area contributed by atoms with Crippen LogP contribution >= 0.6 is 11.6 Å². The Hall–Kier alpha value is -2.17. The minimum atomic E-state index is -1.06. The molecular formula is C24H30ClF2N5O2. The molecule has 1 saturated heterocycles. The molecule has 1 saturated carbocycles. The van der Waals surface area contributed by atoms with Gasteiger partial charge in [-0.25, -0.2) is 18.7 Å². The first-order valence-electron chi connectivity index (χ1n) is 11.5. The van der Waals surface area contributed by atoms with Gasteiger partial charge >= 0.3 is 0 Å². The number of morpholine rings is 1. The number of rotatable bonds is 8. The topological polar surface area (TPSA) is 82.5 Å². The van der Waals surface area contributed by atoms with Gasteiger partial charge in [-0.15, -0.1) is 11.6 Å². The van der Waals surface area contributed by atoms with E-state index in [9.17, 15) is 13.9 Å². The van der Waals surface area contributed by atoms with Crippen LogP contribution in [0, 0.1) is 11.6 Å². The molecule has 0 spiro atoms. The molecule has 1 aliphatic heterocycles. The second-order valence-corrected chi connectivity index (χ2v) is 9.22. The summed E-state index contributed by atoms with van der Waals surface area (Å²) in [5.41, 5.74) is 0.528. The lowest BCUT2D eigenvalue weighted by Gasteiger charge is -2.42. The van der Waals surface area contributed by atoms with Gasteiger partial charge in [0.1, 0.15) is 23.6 Å². The SMILES string of the molecule is C=CC(O)Nc1cc(F)cc(-c2nc(CNC3CCC(Cl)C(N4CCOCC4)C3)ncc2F)c1. The third-order valence-corrected chi connectivity index (χ3v) is 6.81. The van der Waals surface area contributed by atoms with E-state index in [0.717, 1.165) is 51.8 Å². The summed E-state index contributed by atoms with van der Waals surface area (Å²) < 4.78 is 34.2. The molecule has 1 aromatic heterocycles. The fourth-order valence-corrected chi connectivity index (χ4v) is 4.94. The van der Waals surface area contributed by atoms with Crippen molar-refractivity contribution in [3.63, 3.8) is 0 Å². The largest absolute Gasteiger partial charge is 0.379 e. The first-order chi connectivity index (χ1) is 16.4. The molecule has 4 unspecified atom stereocenters. The van der Waals surface area contributed by atoms with Crippen LogP contribution in [0.4, 0.5) is 14.5 Å². The summed E-state index contributed by atoms with van der Waals surface area (Å²) in [6.07, 6.45) is 4.06. The molecule has 7 nitrogen and oxygen atoms in total. The molecule has 1 aliphatic carbocycles. The molecule has 184 valence electrons. The maximum Gasteiger partial charge on any atom is 0.167 e. The van der Waals surface area contributed by atoms with E-state index in [1.54, 1.807) is 0 Å². The smallest absolute Gasteiger partial charge is 0.167 e. The van der Waals surface area contributed by atoms with E-state index in [2.05, 4.69) is 32.1 Å². The predicted molar refractivity (Wildman–Crippen MR) is 128 cm³/mol. The minimum Gasteiger partial charge on any atom is -0.379 e. The Labute approximate surface area is 203 Å². The molecule has 34 heavy (non-hydrogen) atoms. The third kappa shape index (κ3) is 6.28. The zero-order valence-corrected chi connectivity index (χ0v) is 19.6. The van der Waals surface area contributed by atoms with Crippen molar-refractivity contribution in [3.05, 3.63) is 54.5 Å². The zero-order valence-electron chi connectivity index (χ0n) is 18.9. The van der Waals surface area contributed by atoms with Crippen molar-refractivity contribution in [1.82, 2.24) is 20.2 Å². The van der Waals surface area contributed by atoms with Crippen molar-refractivity contribution in [2.24, 2.45) is 0 Å². The highest BCUT2D eigenvalue weighted by Gasteiger charge is 2.34. The molecule has 10 heteroatoms. The van der Waals surface area contributed by atoms with Gasteiger partial charge in [-0.2, -0.15) is 0 Å². The highest BCUT2D eigenvalue weighted by Crippen LogP contribution is 2.29. The molecule has 3 N–H and O–H groups in total. The number of hydrogen-bond donors (Lipinski definition) is 3. The number of nitrogens with zero attached hydrogens (tertiary/aromatic N) is 3. The van der Waals surface area contributed by atoms with E-state index in [-0.39, 0.29) is 34.4 Å². The maximum absolute atomic E-state index is 14.6. The Morgan fingerprint density at radius 2 is 2.06 bits per heavy atom. The Morgan fingerprint density at radius 3 is 2.82 bits per heavy atom. The Balaban J connectivity index is 1.44. The number of halogens is 3. The quantitative estimate of drug-likeness (QED) is 0.296. The molecule has 2 heterocycles. The number of aliphatic hydroxyl groups excluding tert-OH is 1. The van der Waals surface area contributed by atoms with E-state index >= 15 is 0 Å². The molecule has 1 aromatic carbocycles. The van der Waals surface area contributed by atoms with Crippen molar-refractivity contribution in [3.8, 4) is 11.3 Å². The van der Waals surface area contributed by atoms with Crippen molar-refractivity contribution >= 4 is 17.3 Å². The van der Waals surface area contributed by atoms with Gasteiger partial charge in [0.15, 0.2) is 5.82 Å². The van der Waals surface area contributed by atoms with E-state index in [1.165, 1.54) is 24.3 Å². The highest BCUT2D eigenvalue weighted by molar-refractivity contribution is 6.21. The van der Waals surface area contributed by atoms with Gasteiger partial charge < -0.3 is 20.5 Å². The van der Waals surface area contributed by atoms with Gasteiger partial charge in [0, 0.05) is 41.8 Å². The minimum absolute atomic E-state index is 0.00176. The lowest BCUT2D eigenvalue weighted by atomic mass is 9.89. The van der Waals surface area contributed by atoms with E-state index < -0.39 is 17.9 Å². The molecule has 4 rings (SSSR count). The van der Waals surface area contributed by atoms with Gasteiger partial charge in [-0.05, 0) is 43.5 Å². The van der Waals surface area contributed by atoms with Crippen LogP contribution in [0.2, 0.25) is 0 Å². The number of aromatic nitrogens is 2. The number of ether oxygens (including phenoxy) is 1. The van der Waals surface area contributed by atoms with Crippen molar-refractivity contribution in [2.75, 3.05) is 31.6 Å². The van der Waals surface area contributed by atoms with Crippen LogP contribution in [0.3, 0.4) is 0 Å². The van der Waals surface area contributed by atoms with Gasteiger partial charge in [0.2, 0.25) is 0 Å². The Kier molecular flexibility index (Phi) is 8.44. The van der Waals surface area contributed by atoms with Gasteiger partial charge in [0.25, 0.3) is 0 Å². The maximum atomic E-state index is 14.6. The molecular weight excluding hydrogens is 464 g/mol. The summed E-state index contributed by atoms with van der Waals surface area (Å²) in [5, 5.41) is 16.0. The standard InChI is InChI=1S/C24H30ClF2N5O2/c1-2-23(33)30-18-10-15(9-16(26)11-18)24-20(27)13-29-22(31-24)14-28-17-3-4-19(25)21(12-17)32-5-7-34-8-6-32/h2,9-11,13,17,19,21,23,28,30,33H,1,3-8,12,14H2. The van der Waals surface area contributed by atoms with Crippen LogP contribution < -0.4 is 10.6 Å². The summed E-state index contributed by atoms with van der Waals surface area (Å²) in [5.74, 6) is -0.822. The molecule has 4 atom stereocenters. The van der Waals surface area contributed by atoms with Crippen LogP contribution in [-0.2, 0) is 11.3 Å². The van der Waals surface area contributed by atoms with E-state index in [4.69, 9.17) is 16.3 Å². The molecule has 2 aromatic rings. The lowest BCUT2D eigenvalue weighted by Crippen LogP contribution is -2.52. The lowest BCUT2D eigenvalue weighted by molar-refractivity contribution is 0.00651. The molecule has 2 aliphatic rings. The Morgan fingerprint density at radius 1 is 1.26 bits per heavy atom. The van der Waals surface area contributed by atoms with Crippen molar-refractivity contribution < 1.29 is 18.6 Å². The first-order valence-corrected chi connectivity index (χ1v) is 12.0. The average Bonchev–Trinajstić information content (AvgIpc) is 2.84.